The largest absolute Gasteiger partial charge is 0.322 e. The third kappa shape index (κ3) is 2.80. The number of H-pyrrole nitrogens is 1. The Morgan fingerprint density at radius 3 is 2.92 bits per heavy atom. The van der Waals surface area contributed by atoms with Crippen molar-refractivity contribution in [2.24, 2.45) is 0 Å². The Labute approximate surface area is 151 Å². The molecule has 4 aromatic rings. The molecule has 7 nitrogen and oxygen atoms in total. The van der Waals surface area contributed by atoms with Gasteiger partial charge in [-0.3, -0.25) is 4.79 Å². The van der Waals surface area contributed by atoms with E-state index in [0.29, 0.717) is 22.3 Å². The van der Waals surface area contributed by atoms with E-state index in [1.807, 2.05) is 12.1 Å². The number of nitrogens with one attached hydrogen (secondary N) is 2. The molecule has 3 heterocycles. The zero-order valence-electron chi connectivity index (χ0n) is 13.5. The number of nitrogens with zero attached hydrogens (tertiary/aromatic N) is 4. The SMILES string of the molecule is Cc1cc(F)c(-c2nnc(Cl)[nH]2)cc1NC(=O)c1cnn2ccccc12. The number of amides is 1. The molecular formula is C17H12ClFN6O. The summed E-state index contributed by atoms with van der Waals surface area (Å²) in [5.41, 5.74) is 2.27. The van der Waals surface area contributed by atoms with Crippen molar-refractivity contribution in [1.82, 2.24) is 24.8 Å². The molecule has 0 aliphatic heterocycles. The monoisotopic (exact) mass is 370 g/mol. The summed E-state index contributed by atoms with van der Waals surface area (Å²) in [6, 6.07) is 8.24. The summed E-state index contributed by atoms with van der Waals surface area (Å²) < 4.78 is 15.9. The fourth-order valence-electron chi connectivity index (χ4n) is 2.65. The number of fused-ring (bicyclic) bond motifs is 1. The van der Waals surface area contributed by atoms with E-state index in [1.54, 1.807) is 23.7 Å². The number of aromatic nitrogens is 5. The second kappa shape index (κ2) is 6.23. The van der Waals surface area contributed by atoms with Crippen LogP contribution in [-0.4, -0.2) is 30.7 Å². The van der Waals surface area contributed by atoms with Crippen LogP contribution in [0.3, 0.4) is 0 Å². The molecule has 0 fully saturated rings. The fourth-order valence-corrected chi connectivity index (χ4v) is 2.78. The van der Waals surface area contributed by atoms with E-state index in [-0.39, 0.29) is 22.6 Å². The van der Waals surface area contributed by atoms with Crippen LogP contribution in [0.4, 0.5) is 10.1 Å². The van der Waals surface area contributed by atoms with Crippen molar-refractivity contribution >= 4 is 28.7 Å². The predicted octanol–water partition coefficient (Wildman–Crippen LogP) is 3.47. The number of rotatable bonds is 3. The zero-order valence-corrected chi connectivity index (χ0v) is 14.3. The van der Waals surface area contributed by atoms with Crippen molar-refractivity contribution in [3.63, 3.8) is 0 Å². The Hall–Kier alpha value is -3.26. The molecule has 9 heteroatoms. The quantitative estimate of drug-likeness (QED) is 0.578. The molecule has 0 unspecified atom stereocenters. The van der Waals surface area contributed by atoms with Gasteiger partial charge in [-0.15, -0.1) is 10.2 Å². The van der Waals surface area contributed by atoms with Crippen molar-refractivity contribution in [1.29, 1.82) is 0 Å². The molecule has 0 spiro atoms. The number of aromatic amines is 1. The van der Waals surface area contributed by atoms with Crippen LogP contribution in [0, 0.1) is 12.7 Å². The lowest BCUT2D eigenvalue weighted by molar-refractivity contribution is 0.102. The van der Waals surface area contributed by atoms with E-state index >= 15 is 0 Å². The summed E-state index contributed by atoms with van der Waals surface area (Å²) in [4.78, 5) is 15.3. The minimum atomic E-state index is -0.496. The Kier molecular flexibility index (Phi) is 3.89. The summed E-state index contributed by atoms with van der Waals surface area (Å²) >= 11 is 5.71. The number of pyridine rings is 1. The third-order valence-electron chi connectivity index (χ3n) is 3.95. The molecule has 0 saturated heterocycles. The first kappa shape index (κ1) is 16.2. The zero-order chi connectivity index (χ0) is 18.3. The van der Waals surface area contributed by atoms with Gasteiger partial charge in [0.1, 0.15) is 5.82 Å². The maximum atomic E-state index is 14.3. The molecule has 1 aromatic carbocycles. The highest BCUT2D eigenvalue weighted by Crippen LogP contribution is 2.27. The van der Waals surface area contributed by atoms with Crippen molar-refractivity contribution in [2.45, 2.75) is 6.92 Å². The van der Waals surface area contributed by atoms with Crippen LogP contribution in [0.5, 0.6) is 0 Å². The molecule has 1 amide bonds. The second-order valence-corrected chi connectivity index (χ2v) is 6.01. The van der Waals surface area contributed by atoms with Crippen LogP contribution in [0.2, 0.25) is 5.28 Å². The fraction of sp³-hybridized carbons (Fsp3) is 0.0588. The van der Waals surface area contributed by atoms with E-state index < -0.39 is 5.82 Å². The molecule has 0 aliphatic rings. The number of benzene rings is 1. The molecule has 4 rings (SSSR count). The Bertz CT molecular complexity index is 1140. The lowest BCUT2D eigenvalue weighted by Crippen LogP contribution is -2.13. The van der Waals surface area contributed by atoms with E-state index in [0.717, 1.165) is 0 Å². The van der Waals surface area contributed by atoms with Gasteiger partial charge in [0.15, 0.2) is 5.82 Å². The van der Waals surface area contributed by atoms with Crippen LogP contribution in [0.25, 0.3) is 16.9 Å². The first-order valence-electron chi connectivity index (χ1n) is 7.65. The summed E-state index contributed by atoms with van der Waals surface area (Å²) in [5.74, 6) is -0.661. The first-order chi connectivity index (χ1) is 12.5. The van der Waals surface area contributed by atoms with E-state index in [4.69, 9.17) is 11.6 Å². The van der Waals surface area contributed by atoms with Crippen LogP contribution < -0.4 is 5.32 Å². The molecule has 26 heavy (non-hydrogen) atoms. The van der Waals surface area contributed by atoms with Gasteiger partial charge in [0.2, 0.25) is 5.28 Å². The number of hydrogen-bond donors (Lipinski definition) is 2. The third-order valence-corrected chi connectivity index (χ3v) is 4.12. The Balaban J connectivity index is 1.70. The predicted molar refractivity (Wildman–Crippen MR) is 94.7 cm³/mol. The minimum absolute atomic E-state index is 0.0527. The maximum Gasteiger partial charge on any atom is 0.259 e. The van der Waals surface area contributed by atoms with Gasteiger partial charge in [-0.2, -0.15) is 5.10 Å². The summed E-state index contributed by atoms with van der Waals surface area (Å²) in [5, 5.41) is 14.4. The van der Waals surface area contributed by atoms with Crippen LogP contribution >= 0.6 is 11.6 Å². The number of carbonyl (C=O) groups is 1. The smallest absolute Gasteiger partial charge is 0.259 e. The van der Waals surface area contributed by atoms with Gasteiger partial charge in [0.25, 0.3) is 5.91 Å². The van der Waals surface area contributed by atoms with Crippen LogP contribution in [-0.2, 0) is 0 Å². The lowest BCUT2D eigenvalue weighted by Gasteiger charge is -2.10. The standard InChI is InChI=1S/C17H12ClFN6O/c1-9-6-12(19)10(15-22-17(18)24-23-15)7-13(9)21-16(26)11-8-20-25-5-3-2-4-14(11)25/h2-8H,1H3,(H,21,26)(H,22,23,24). The molecule has 3 aromatic heterocycles. The van der Waals surface area contributed by atoms with Gasteiger partial charge in [-0.05, 0) is 48.4 Å². The number of anilines is 1. The van der Waals surface area contributed by atoms with Gasteiger partial charge in [-0.1, -0.05) is 6.07 Å². The Morgan fingerprint density at radius 1 is 1.31 bits per heavy atom. The molecule has 2 N–H and O–H groups in total. The van der Waals surface area contributed by atoms with Gasteiger partial charge >= 0.3 is 0 Å². The highest BCUT2D eigenvalue weighted by molar-refractivity contribution is 6.28. The van der Waals surface area contributed by atoms with Gasteiger partial charge in [-0.25, -0.2) is 8.91 Å². The number of halogens is 2. The molecule has 0 bridgehead atoms. The topological polar surface area (TPSA) is 88.0 Å². The first-order valence-corrected chi connectivity index (χ1v) is 8.03. The van der Waals surface area contributed by atoms with Crippen molar-refractivity contribution in [2.75, 3.05) is 5.32 Å². The molecule has 130 valence electrons. The van der Waals surface area contributed by atoms with Crippen molar-refractivity contribution < 1.29 is 9.18 Å². The average Bonchev–Trinajstić information content (AvgIpc) is 3.23. The van der Waals surface area contributed by atoms with Gasteiger partial charge in [0, 0.05) is 11.9 Å². The van der Waals surface area contributed by atoms with Gasteiger partial charge < -0.3 is 10.3 Å². The highest BCUT2D eigenvalue weighted by atomic mass is 35.5. The summed E-state index contributed by atoms with van der Waals surface area (Å²) in [6.45, 7) is 1.70. The Morgan fingerprint density at radius 2 is 2.15 bits per heavy atom. The number of aryl methyl sites for hydroxylation is 1. The van der Waals surface area contributed by atoms with Crippen molar-refractivity contribution in [3.05, 3.63) is 65.0 Å². The number of hydrogen-bond acceptors (Lipinski definition) is 4. The molecule has 0 atom stereocenters. The van der Waals surface area contributed by atoms with Gasteiger partial charge in [0.05, 0.1) is 22.8 Å². The maximum absolute atomic E-state index is 14.3. The molecule has 0 aliphatic carbocycles. The van der Waals surface area contributed by atoms with E-state index in [2.05, 4.69) is 25.6 Å². The van der Waals surface area contributed by atoms with E-state index in [1.165, 1.54) is 18.3 Å². The molecule has 0 saturated carbocycles. The average molecular weight is 371 g/mol. The van der Waals surface area contributed by atoms with Crippen molar-refractivity contribution in [3.8, 4) is 11.4 Å². The summed E-state index contributed by atoms with van der Waals surface area (Å²) in [6.07, 6.45) is 3.24. The minimum Gasteiger partial charge on any atom is -0.322 e. The van der Waals surface area contributed by atoms with Crippen LogP contribution in [0.1, 0.15) is 15.9 Å². The molecular weight excluding hydrogens is 359 g/mol. The van der Waals surface area contributed by atoms with E-state index in [9.17, 15) is 9.18 Å². The molecule has 0 radical (unpaired) electrons. The summed E-state index contributed by atoms with van der Waals surface area (Å²) in [7, 11) is 0. The van der Waals surface area contributed by atoms with Crippen LogP contribution in [0.15, 0.2) is 42.7 Å². The number of carbonyl (C=O) groups excluding carboxylic acids is 1. The lowest BCUT2D eigenvalue weighted by atomic mass is 10.1. The highest BCUT2D eigenvalue weighted by Gasteiger charge is 2.17. The second-order valence-electron chi connectivity index (χ2n) is 5.65. The normalized spacial score (nSPS) is 11.0.